The van der Waals surface area contributed by atoms with Crippen LogP contribution in [0.1, 0.15) is 23.5 Å². The first-order valence-corrected chi connectivity index (χ1v) is 12.4. The van der Waals surface area contributed by atoms with Gasteiger partial charge in [0.2, 0.25) is 0 Å². The molecule has 35 heavy (non-hydrogen) atoms. The zero-order chi connectivity index (χ0) is 24.4. The Morgan fingerprint density at radius 2 is 1.86 bits per heavy atom. The summed E-state index contributed by atoms with van der Waals surface area (Å²) in [6.45, 7) is 0. The maximum absolute atomic E-state index is 6.37. The van der Waals surface area contributed by atoms with Crippen molar-refractivity contribution in [3.05, 3.63) is 95.5 Å². The van der Waals surface area contributed by atoms with Crippen molar-refractivity contribution in [3.63, 3.8) is 0 Å². The minimum atomic E-state index is -0.292. The average molecular weight is 524 g/mol. The molecule has 1 saturated heterocycles. The van der Waals surface area contributed by atoms with Crippen molar-refractivity contribution in [2.45, 2.75) is 22.1 Å². The highest BCUT2D eigenvalue weighted by Crippen LogP contribution is 2.46. The molecule has 2 atom stereocenters. The lowest BCUT2D eigenvalue weighted by atomic mass is 10.0. The number of nitrogens with one attached hydrogen (secondary N) is 1. The lowest BCUT2D eigenvalue weighted by Crippen LogP contribution is -2.29. The molecule has 2 aromatic heterocycles. The van der Waals surface area contributed by atoms with Gasteiger partial charge in [0.05, 0.1) is 31.6 Å². The first kappa shape index (κ1) is 23.5. The molecule has 0 bridgehead atoms. The number of halogens is 1. The number of benzene rings is 2. The van der Waals surface area contributed by atoms with Crippen molar-refractivity contribution in [2.24, 2.45) is 0 Å². The maximum Gasteiger partial charge on any atom is 0.174 e. The Balaban J connectivity index is 1.55. The zero-order valence-electron chi connectivity index (χ0n) is 19.0. The van der Waals surface area contributed by atoms with Crippen LogP contribution in [0.25, 0.3) is 0 Å². The monoisotopic (exact) mass is 523 g/mol. The van der Waals surface area contributed by atoms with Crippen LogP contribution >= 0.6 is 35.6 Å². The summed E-state index contributed by atoms with van der Waals surface area (Å²) in [5.41, 5.74) is 1.66. The van der Waals surface area contributed by atoms with E-state index in [2.05, 4.69) is 10.3 Å². The van der Waals surface area contributed by atoms with E-state index in [4.69, 9.17) is 37.7 Å². The Hall–Kier alpha value is -3.20. The van der Waals surface area contributed by atoms with E-state index in [0.717, 1.165) is 27.1 Å². The van der Waals surface area contributed by atoms with Gasteiger partial charge in [-0.25, -0.2) is 0 Å². The summed E-state index contributed by atoms with van der Waals surface area (Å²) in [5.74, 6) is 2.09. The van der Waals surface area contributed by atoms with Gasteiger partial charge in [0.15, 0.2) is 10.2 Å². The van der Waals surface area contributed by atoms with E-state index in [-0.39, 0.29) is 12.1 Å². The molecule has 1 N–H and O–H groups in total. The van der Waals surface area contributed by atoms with Crippen LogP contribution in [-0.4, -0.2) is 24.3 Å². The number of anilines is 1. The molecular weight excluding hydrogens is 502 g/mol. The smallest absolute Gasteiger partial charge is 0.174 e. The minimum Gasteiger partial charge on any atom is -0.497 e. The van der Waals surface area contributed by atoms with Crippen LogP contribution in [0.3, 0.4) is 0 Å². The molecule has 0 radical (unpaired) electrons. The van der Waals surface area contributed by atoms with E-state index in [1.165, 1.54) is 11.8 Å². The summed E-state index contributed by atoms with van der Waals surface area (Å²) >= 11 is 13.4. The van der Waals surface area contributed by atoms with Crippen molar-refractivity contribution < 1.29 is 13.9 Å². The molecule has 5 rings (SSSR count). The van der Waals surface area contributed by atoms with E-state index in [1.807, 2.05) is 77.7 Å². The van der Waals surface area contributed by atoms with Gasteiger partial charge in [-0.2, -0.15) is 0 Å². The molecule has 2 unspecified atom stereocenters. The topological polar surface area (TPSA) is 59.8 Å². The number of ether oxygens (including phenoxy) is 2. The number of hydrogen-bond acceptors (Lipinski definition) is 6. The van der Waals surface area contributed by atoms with Gasteiger partial charge in [0.25, 0.3) is 0 Å². The van der Waals surface area contributed by atoms with Crippen LogP contribution < -0.4 is 19.7 Å². The van der Waals surface area contributed by atoms with Crippen LogP contribution in [0.4, 0.5) is 5.69 Å². The molecule has 1 fully saturated rings. The summed E-state index contributed by atoms with van der Waals surface area (Å²) in [5, 5.41) is 5.45. The molecule has 6 nitrogen and oxygen atoms in total. The standard InChI is InChI=1S/C26H22ClN3O3S2/c1-31-17-8-11-20(22(15-17)32-2)30-25(24(29-26(30)34)19-5-3-4-14-28-19)21-12-13-23(33-21)35-18-9-6-16(27)7-10-18/h3-15,24-25H,1-2H3,(H,29,34). The summed E-state index contributed by atoms with van der Waals surface area (Å²) in [4.78, 5) is 7.64. The van der Waals surface area contributed by atoms with Crippen molar-refractivity contribution in [2.75, 3.05) is 19.1 Å². The molecule has 9 heteroatoms. The molecule has 1 aliphatic rings. The number of furan rings is 1. The summed E-state index contributed by atoms with van der Waals surface area (Å²) in [6, 6.07) is 22.6. The molecule has 4 aromatic rings. The molecule has 0 aliphatic carbocycles. The quantitative estimate of drug-likeness (QED) is 0.269. The highest BCUT2D eigenvalue weighted by Gasteiger charge is 2.43. The Morgan fingerprint density at radius 1 is 1.03 bits per heavy atom. The van der Waals surface area contributed by atoms with Gasteiger partial charge in [-0.1, -0.05) is 29.4 Å². The number of hydrogen-bond donors (Lipinski definition) is 1. The Bertz CT molecular complexity index is 1330. The predicted octanol–water partition coefficient (Wildman–Crippen LogP) is 6.67. The molecule has 1 aliphatic heterocycles. The van der Waals surface area contributed by atoms with Gasteiger partial charge in [-0.05, 0) is 72.9 Å². The second kappa shape index (κ2) is 10.2. The van der Waals surface area contributed by atoms with E-state index >= 15 is 0 Å². The lowest BCUT2D eigenvalue weighted by molar-refractivity contribution is 0.378. The van der Waals surface area contributed by atoms with Crippen LogP contribution in [0.15, 0.2) is 93.4 Å². The molecule has 2 aromatic carbocycles. The normalized spacial score (nSPS) is 17.3. The van der Waals surface area contributed by atoms with Gasteiger partial charge >= 0.3 is 0 Å². The average Bonchev–Trinajstić information content (AvgIpc) is 3.49. The number of methoxy groups -OCH3 is 2. The second-order valence-corrected chi connectivity index (χ2v) is 9.65. The van der Waals surface area contributed by atoms with E-state index in [1.54, 1.807) is 20.4 Å². The highest BCUT2D eigenvalue weighted by atomic mass is 35.5. The third-order valence-corrected chi connectivity index (χ3v) is 7.17. The van der Waals surface area contributed by atoms with Crippen LogP contribution in [0.2, 0.25) is 5.02 Å². The fourth-order valence-corrected chi connectivity index (χ4v) is 5.30. The van der Waals surface area contributed by atoms with Crippen molar-refractivity contribution in [3.8, 4) is 11.5 Å². The predicted molar refractivity (Wildman–Crippen MR) is 142 cm³/mol. The number of rotatable bonds is 7. The molecule has 178 valence electrons. The number of thiocarbonyl (C=S) groups is 1. The Morgan fingerprint density at radius 3 is 2.57 bits per heavy atom. The number of nitrogens with zero attached hydrogens (tertiary/aromatic N) is 2. The van der Waals surface area contributed by atoms with Crippen LogP contribution in [-0.2, 0) is 0 Å². The molecule has 0 amide bonds. The van der Waals surface area contributed by atoms with Gasteiger partial charge in [0.1, 0.15) is 23.3 Å². The Labute approximate surface area is 218 Å². The third kappa shape index (κ3) is 4.82. The number of aromatic nitrogens is 1. The zero-order valence-corrected chi connectivity index (χ0v) is 21.4. The van der Waals surface area contributed by atoms with Gasteiger partial charge < -0.3 is 24.1 Å². The second-order valence-electron chi connectivity index (χ2n) is 7.75. The summed E-state index contributed by atoms with van der Waals surface area (Å²) < 4.78 is 17.4. The SMILES string of the molecule is COc1ccc(N2C(=S)NC(c3ccccn3)C2c2ccc(Sc3ccc(Cl)cc3)o2)c(OC)c1. The van der Waals surface area contributed by atoms with Crippen LogP contribution in [0, 0.1) is 0 Å². The summed E-state index contributed by atoms with van der Waals surface area (Å²) in [7, 11) is 3.25. The fraction of sp³-hybridized carbons (Fsp3) is 0.154. The molecule has 0 saturated carbocycles. The van der Waals surface area contributed by atoms with Gasteiger partial charge in [-0.15, -0.1) is 0 Å². The van der Waals surface area contributed by atoms with Gasteiger partial charge in [-0.3, -0.25) is 4.98 Å². The molecular formula is C26H22ClN3O3S2. The first-order chi connectivity index (χ1) is 17.1. The van der Waals surface area contributed by atoms with E-state index < -0.39 is 0 Å². The van der Waals surface area contributed by atoms with Crippen molar-refractivity contribution >= 4 is 46.4 Å². The first-order valence-electron chi connectivity index (χ1n) is 10.8. The molecule has 3 heterocycles. The van der Waals surface area contributed by atoms with Gasteiger partial charge in [0, 0.05) is 22.2 Å². The largest absolute Gasteiger partial charge is 0.497 e. The highest BCUT2D eigenvalue weighted by molar-refractivity contribution is 7.99. The fourth-order valence-electron chi connectivity index (χ4n) is 4.05. The lowest BCUT2D eigenvalue weighted by Gasteiger charge is -2.27. The van der Waals surface area contributed by atoms with Crippen molar-refractivity contribution in [1.29, 1.82) is 0 Å². The third-order valence-electron chi connectivity index (χ3n) is 5.67. The maximum atomic E-state index is 6.37. The van der Waals surface area contributed by atoms with Crippen molar-refractivity contribution in [1.82, 2.24) is 10.3 Å². The summed E-state index contributed by atoms with van der Waals surface area (Å²) in [6.07, 6.45) is 1.78. The van der Waals surface area contributed by atoms with Crippen LogP contribution in [0.5, 0.6) is 11.5 Å². The van der Waals surface area contributed by atoms with E-state index in [0.29, 0.717) is 21.6 Å². The minimum absolute atomic E-state index is 0.227. The van der Waals surface area contributed by atoms with E-state index in [9.17, 15) is 0 Å². The molecule has 0 spiro atoms. The number of pyridine rings is 1. The Kier molecular flexibility index (Phi) is 6.86.